The van der Waals surface area contributed by atoms with Crippen LogP contribution in [-0.4, -0.2) is 49.8 Å². The largest absolute Gasteiger partial charge is 0.356 e. The minimum atomic E-state index is -0.0372. The van der Waals surface area contributed by atoms with E-state index < -0.39 is 0 Å². The summed E-state index contributed by atoms with van der Waals surface area (Å²) in [6.45, 7) is 4.83. The summed E-state index contributed by atoms with van der Waals surface area (Å²) < 4.78 is 0. The van der Waals surface area contributed by atoms with Crippen LogP contribution in [0.5, 0.6) is 0 Å². The van der Waals surface area contributed by atoms with Gasteiger partial charge in [-0.3, -0.25) is 4.79 Å². The molecule has 0 rings (SSSR count). The summed E-state index contributed by atoms with van der Waals surface area (Å²) in [5.41, 5.74) is 5.42. The highest BCUT2D eigenvalue weighted by molar-refractivity contribution is 5.83. The fraction of sp³-hybridized carbons (Fsp3) is 0.833. The molecule has 100 valence electrons. The van der Waals surface area contributed by atoms with Crippen molar-refractivity contribution in [3.8, 4) is 0 Å². The van der Waals surface area contributed by atoms with Crippen LogP contribution in [0.3, 0.4) is 0 Å². The van der Waals surface area contributed by atoms with Gasteiger partial charge in [-0.1, -0.05) is 0 Å². The Morgan fingerprint density at radius 3 is 2.41 bits per heavy atom. The second kappa shape index (κ2) is 10.2. The number of nitrogens with one attached hydrogen (secondary N) is 1. The minimum absolute atomic E-state index is 0.0372. The fourth-order valence-electron chi connectivity index (χ4n) is 1.43. The van der Waals surface area contributed by atoms with E-state index in [2.05, 4.69) is 10.2 Å². The summed E-state index contributed by atoms with van der Waals surface area (Å²) in [7, 11) is 2.05. The van der Waals surface area contributed by atoms with E-state index in [1.165, 1.54) is 6.92 Å². The van der Waals surface area contributed by atoms with Crippen molar-refractivity contribution in [2.75, 3.05) is 33.2 Å². The monoisotopic (exact) mass is 243 g/mol. The van der Waals surface area contributed by atoms with Gasteiger partial charge in [0.1, 0.15) is 5.78 Å². The molecule has 17 heavy (non-hydrogen) atoms. The van der Waals surface area contributed by atoms with Crippen LogP contribution in [0.2, 0.25) is 0 Å². The van der Waals surface area contributed by atoms with Crippen LogP contribution >= 0.6 is 0 Å². The van der Waals surface area contributed by atoms with Gasteiger partial charge in [0.05, 0.1) is 0 Å². The zero-order valence-electron chi connectivity index (χ0n) is 11.0. The number of ketones is 1. The molecule has 0 radical (unpaired) electrons. The molecule has 1 amide bonds. The fourth-order valence-corrected chi connectivity index (χ4v) is 1.43. The number of nitrogens with two attached hydrogens (primary N) is 1. The van der Waals surface area contributed by atoms with Crippen LogP contribution in [0.1, 0.15) is 32.6 Å². The van der Waals surface area contributed by atoms with E-state index in [-0.39, 0.29) is 11.7 Å². The van der Waals surface area contributed by atoms with Crippen LogP contribution < -0.4 is 11.1 Å². The number of hydrogen-bond donors (Lipinski definition) is 2. The Hall–Kier alpha value is -0.940. The number of Topliss-reactive ketones (excluding diaryl/α,β-unsaturated/α-hetero) is 1. The Labute approximate surface area is 104 Å². The number of carbonyl (C=O) groups excluding carboxylic acids is 2. The predicted octanol–water partition coefficient (Wildman–Crippen LogP) is 0.143. The lowest BCUT2D eigenvalue weighted by molar-refractivity contribution is -0.124. The Kier molecular flexibility index (Phi) is 9.66. The summed E-state index contributed by atoms with van der Waals surface area (Å²) in [5.74, 6) is 0.0199. The first-order valence-corrected chi connectivity index (χ1v) is 6.21. The molecule has 0 atom stereocenters. The van der Waals surface area contributed by atoms with Crippen LogP contribution in [-0.2, 0) is 9.59 Å². The maximum absolute atomic E-state index is 11.3. The minimum Gasteiger partial charge on any atom is -0.356 e. The molecule has 0 aliphatic carbocycles. The van der Waals surface area contributed by atoms with Gasteiger partial charge in [0.25, 0.3) is 0 Å². The van der Waals surface area contributed by atoms with Gasteiger partial charge in [0.2, 0.25) is 5.91 Å². The molecule has 0 aromatic carbocycles. The van der Waals surface area contributed by atoms with Crippen molar-refractivity contribution in [3.05, 3.63) is 0 Å². The summed E-state index contributed by atoms with van der Waals surface area (Å²) in [6, 6.07) is 0. The van der Waals surface area contributed by atoms with Gasteiger partial charge in [0, 0.05) is 19.4 Å². The van der Waals surface area contributed by atoms with Gasteiger partial charge in [0.15, 0.2) is 0 Å². The van der Waals surface area contributed by atoms with Gasteiger partial charge in [-0.2, -0.15) is 0 Å². The van der Waals surface area contributed by atoms with Crippen LogP contribution in [0.15, 0.2) is 0 Å². The average molecular weight is 243 g/mol. The van der Waals surface area contributed by atoms with Crippen LogP contribution in [0, 0.1) is 0 Å². The molecule has 0 aromatic rings. The second-order valence-electron chi connectivity index (χ2n) is 4.35. The normalized spacial score (nSPS) is 10.6. The number of amides is 1. The SMILES string of the molecule is CC(=O)CCC(=O)NCCCN(C)CCCN. The molecule has 5 nitrogen and oxygen atoms in total. The molecule has 0 saturated heterocycles. The predicted molar refractivity (Wildman–Crippen MR) is 68.7 cm³/mol. The molecule has 0 unspecified atom stereocenters. The van der Waals surface area contributed by atoms with E-state index in [1.807, 2.05) is 7.05 Å². The van der Waals surface area contributed by atoms with E-state index in [0.717, 1.165) is 25.9 Å². The van der Waals surface area contributed by atoms with Crippen molar-refractivity contribution in [1.29, 1.82) is 0 Å². The maximum Gasteiger partial charge on any atom is 0.220 e. The Morgan fingerprint density at radius 1 is 1.18 bits per heavy atom. The summed E-state index contributed by atoms with van der Waals surface area (Å²) in [4.78, 5) is 24.1. The summed E-state index contributed by atoms with van der Waals surface area (Å²) in [5, 5.41) is 2.81. The highest BCUT2D eigenvalue weighted by Crippen LogP contribution is 1.91. The molecule has 0 fully saturated rings. The lowest BCUT2D eigenvalue weighted by Crippen LogP contribution is -2.29. The van der Waals surface area contributed by atoms with E-state index in [9.17, 15) is 9.59 Å². The first-order chi connectivity index (χ1) is 8.06. The smallest absolute Gasteiger partial charge is 0.220 e. The number of hydrogen-bond acceptors (Lipinski definition) is 4. The molecule has 3 N–H and O–H groups in total. The zero-order chi connectivity index (χ0) is 13.1. The van der Waals surface area contributed by atoms with Crippen molar-refractivity contribution >= 4 is 11.7 Å². The number of carbonyl (C=O) groups is 2. The molecule has 0 aliphatic rings. The molecular weight excluding hydrogens is 218 g/mol. The van der Waals surface area contributed by atoms with E-state index >= 15 is 0 Å². The average Bonchev–Trinajstić information content (AvgIpc) is 2.29. The van der Waals surface area contributed by atoms with Crippen LogP contribution in [0.4, 0.5) is 0 Å². The van der Waals surface area contributed by atoms with Crippen molar-refractivity contribution in [3.63, 3.8) is 0 Å². The lowest BCUT2D eigenvalue weighted by Gasteiger charge is -2.15. The van der Waals surface area contributed by atoms with Crippen molar-refractivity contribution < 1.29 is 9.59 Å². The van der Waals surface area contributed by atoms with E-state index in [0.29, 0.717) is 25.9 Å². The maximum atomic E-state index is 11.3. The lowest BCUT2D eigenvalue weighted by atomic mass is 10.2. The summed E-state index contributed by atoms with van der Waals surface area (Å²) >= 11 is 0. The molecule has 0 aromatic heterocycles. The highest BCUT2D eigenvalue weighted by atomic mass is 16.2. The number of rotatable bonds is 10. The molecule has 5 heteroatoms. The van der Waals surface area contributed by atoms with E-state index in [4.69, 9.17) is 5.73 Å². The first kappa shape index (κ1) is 16.1. The van der Waals surface area contributed by atoms with Crippen LogP contribution in [0.25, 0.3) is 0 Å². The van der Waals surface area contributed by atoms with Crippen molar-refractivity contribution in [2.45, 2.75) is 32.6 Å². The molecule has 0 bridgehead atoms. The van der Waals surface area contributed by atoms with Gasteiger partial charge < -0.3 is 20.7 Å². The number of nitrogens with zero attached hydrogens (tertiary/aromatic N) is 1. The third-order valence-electron chi connectivity index (χ3n) is 2.49. The molecule has 0 saturated carbocycles. The van der Waals surface area contributed by atoms with E-state index in [1.54, 1.807) is 0 Å². The Balaban J connectivity index is 3.38. The molecule has 0 aliphatic heterocycles. The third-order valence-corrected chi connectivity index (χ3v) is 2.49. The summed E-state index contributed by atoms with van der Waals surface area (Å²) in [6.07, 6.45) is 2.56. The Morgan fingerprint density at radius 2 is 1.82 bits per heavy atom. The molecular formula is C12H25N3O2. The standard InChI is InChI=1S/C12H25N3O2/c1-11(16)5-6-12(17)14-8-4-10-15(2)9-3-7-13/h3-10,13H2,1-2H3,(H,14,17). The highest BCUT2D eigenvalue weighted by Gasteiger charge is 2.03. The molecule has 0 spiro atoms. The molecule has 0 heterocycles. The third kappa shape index (κ3) is 11.3. The zero-order valence-corrected chi connectivity index (χ0v) is 11.0. The van der Waals surface area contributed by atoms with Crippen molar-refractivity contribution in [2.24, 2.45) is 5.73 Å². The topological polar surface area (TPSA) is 75.4 Å². The first-order valence-electron chi connectivity index (χ1n) is 6.21. The van der Waals surface area contributed by atoms with Gasteiger partial charge >= 0.3 is 0 Å². The Bertz CT molecular complexity index is 232. The second-order valence-corrected chi connectivity index (χ2v) is 4.35. The quantitative estimate of drug-likeness (QED) is 0.535. The van der Waals surface area contributed by atoms with Gasteiger partial charge in [-0.15, -0.1) is 0 Å². The van der Waals surface area contributed by atoms with Gasteiger partial charge in [-0.25, -0.2) is 0 Å². The van der Waals surface area contributed by atoms with Gasteiger partial charge in [-0.05, 0) is 46.4 Å². The van der Waals surface area contributed by atoms with Crippen molar-refractivity contribution in [1.82, 2.24) is 10.2 Å².